The maximum absolute atomic E-state index is 11.3. The second-order valence-electron chi connectivity index (χ2n) is 2.72. The number of aryl methyl sites for hydroxylation is 1. The lowest BCUT2D eigenvalue weighted by Gasteiger charge is -2.02. The molecule has 1 aromatic rings. The molecule has 0 aliphatic rings. The summed E-state index contributed by atoms with van der Waals surface area (Å²) in [6.07, 6.45) is 0.569. The Hall–Kier alpha value is -0.770. The standard InChI is InChI=1S/C8H12N2OS/c1-4-7(11)5(2)8-9-6(3)10-12-8/h5H,4H2,1-3H3. The molecule has 1 aromatic heterocycles. The van der Waals surface area contributed by atoms with Crippen LogP contribution in [0.25, 0.3) is 0 Å². The molecule has 0 N–H and O–H groups in total. The average molecular weight is 184 g/mol. The maximum atomic E-state index is 11.3. The number of rotatable bonds is 3. The van der Waals surface area contributed by atoms with Gasteiger partial charge in [0.05, 0.1) is 5.92 Å². The van der Waals surface area contributed by atoms with Crippen molar-refractivity contribution in [2.75, 3.05) is 0 Å². The van der Waals surface area contributed by atoms with Crippen LogP contribution in [-0.4, -0.2) is 15.1 Å². The number of aromatic nitrogens is 2. The zero-order valence-corrected chi connectivity index (χ0v) is 8.31. The zero-order valence-electron chi connectivity index (χ0n) is 7.50. The highest BCUT2D eigenvalue weighted by Crippen LogP contribution is 2.18. The first-order valence-electron chi connectivity index (χ1n) is 3.98. The molecular weight excluding hydrogens is 172 g/mol. The van der Waals surface area contributed by atoms with Gasteiger partial charge in [0.15, 0.2) is 0 Å². The minimum Gasteiger partial charge on any atom is -0.299 e. The van der Waals surface area contributed by atoms with E-state index >= 15 is 0 Å². The van der Waals surface area contributed by atoms with Gasteiger partial charge in [-0.2, -0.15) is 4.37 Å². The summed E-state index contributed by atoms with van der Waals surface area (Å²) in [5.74, 6) is 0.901. The Labute approximate surface area is 76.0 Å². The van der Waals surface area contributed by atoms with Crippen LogP contribution in [0.4, 0.5) is 0 Å². The molecule has 0 aliphatic heterocycles. The van der Waals surface area contributed by atoms with Gasteiger partial charge in [0.1, 0.15) is 16.6 Å². The highest BCUT2D eigenvalue weighted by Gasteiger charge is 2.16. The molecule has 0 aromatic carbocycles. The van der Waals surface area contributed by atoms with Crippen LogP contribution < -0.4 is 0 Å². The summed E-state index contributed by atoms with van der Waals surface area (Å²) in [6, 6.07) is 0. The van der Waals surface area contributed by atoms with Crippen LogP contribution >= 0.6 is 11.5 Å². The van der Waals surface area contributed by atoms with Crippen molar-refractivity contribution in [2.24, 2.45) is 0 Å². The van der Waals surface area contributed by atoms with Crippen LogP contribution in [-0.2, 0) is 4.79 Å². The van der Waals surface area contributed by atoms with Gasteiger partial charge in [-0.3, -0.25) is 4.79 Å². The highest BCUT2D eigenvalue weighted by molar-refractivity contribution is 7.05. The molecule has 1 rings (SSSR count). The van der Waals surface area contributed by atoms with Crippen LogP contribution in [0.2, 0.25) is 0 Å². The molecule has 3 nitrogen and oxygen atoms in total. The fourth-order valence-corrected chi connectivity index (χ4v) is 1.66. The van der Waals surface area contributed by atoms with Crippen molar-refractivity contribution in [1.82, 2.24) is 9.36 Å². The third-order valence-corrected chi connectivity index (χ3v) is 2.73. The third kappa shape index (κ3) is 1.88. The predicted molar refractivity (Wildman–Crippen MR) is 48.4 cm³/mol. The second-order valence-corrected chi connectivity index (χ2v) is 3.50. The number of hydrogen-bond acceptors (Lipinski definition) is 4. The van der Waals surface area contributed by atoms with E-state index in [1.165, 1.54) is 11.5 Å². The van der Waals surface area contributed by atoms with Crippen LogP contribution in [0, 0.1) is 6.92 Å². The van der Waals surface area contributed by atoms with Gasteiger partial charge in [-0.05, 0) is 25.4 Å². The number of Topliss-reactive ketones (excluding diaryl/α,β-unsaturated/α-hetero) is 1. The molecule has 4 heteroatoms. The maximum Gasteiger partial charge on any atom is 0.142 e. The summed E-state index contributed by atoms with van der Waals surface area (Å²) in [4.78, 5) is 15.4. The largest absolute Gasteiger partial charge is 0.299 e. The Morgan fingerprint density at radius 1 is 1.67 bits per heavy atom. The fourth-order valence-electron chi connectivity index (χ4n) is 0.933. The Bertz CT molecular complexity index is 282. The van der Waals surface area contributed by atoms with Crippen molar-refractivity contribution in [3.63, 3.8) is 0 Å². The SMILES string of the molecule is CCC(=O)C(C)c1nc(C)ns1. The molecule has 0 bridgehead atoms. The molecule has 66 valence electrons. The quantitative estimate of drug-likeness (QED) is 0.720. The van der Waals surface area contributed by atoms with E-state index in [4.69, 9.17) is 0 Å². The monoisotopic (exact) mass is 184 g/mol. The van der Waals surface area contributed by atoms with Gasteiger partial charge in [-0.1, -0.05) is 6.92 Å². The summed E-state index contributed by atoms with van der Waals surface area (Å²) in [6.45, 7) is 5.58. The molecule has 1 unspecified atom stereocenters. The van der Waals surface area contributed by atoms with E-state index in [0.29, 0.717) is 6.42 Å². The number of carbonyl (C=O) groups is 1. The zero-order chi connectivity index (χ0) is 9.14. The van der Waals surface area contributed by atoms with E-state index < -0.39 is 0 Å². The Morgan fingerprint density at radius 2 is 2.33 bits per heavy atom. The fraction of sp³-hybridized carbons (Fsp3) is 0.625. The van der Waals surface area contributed by atoms with E-state index in [2.05, 4.69) is 9.36 Å². The second kappa shape index (κ2) is 3.76. The first kappa shape index (κ1) is 9.32. The summed E-state index contributed by atoms with van der Waals surface area (Å²) in [5, 5.41) is 0.833. The molecule has 0 amide bonds. The van der Waals surface area contributed by atoms with Crippen molar-refractivity contribution in [3.05, 3.63) is 10.8 Å². The first-order valence-corrected chi connectivity index (χ1v) is 4.75. The molecule has 1 heterocycles. The van der Waals surface area contributed by atoms with Gasteiger partial charge >= 0.3 is 0 Å². The Kier molecular flexibility index (Phi) is 2.92. The molecular formula is C8H12N2OS. The van der Waals surface area contributed by atoms with Gasteiger partial charge in [0, 0.05) is 6.42 Å². The molecule has 0 spiro atoms. The molecule has 0 saturated carbocycles. The molecule has 12 heavy (non-hydrogen) atoms. The van der Waals surface area contributed by atoms with Crippen LogP contribution in [0.5, 0.6) is 0 Å². The topological polar surface area (TPSA) is 42.9 Å². The van der Waals surface area contributed by atoms with Crippen molar-refractivity contribution >= 4 is 17.3 Å². The van der Waals surface area contributed by atoms with Crippen molar-refractivity contribution in [2.45, 2.75) is 33.1 Å². The first-order chi connectivity index (χ1) is 5.65. The van der Waals surface area contributed by atoms with E-state index in [-0.39, 0.29) is 11.7 Å². The van der Waals surface area contributed by atoms with Gasteiger partial charge in [-0.25, -0.2) is 4.98 Å². The molecule has 0 saturated heterocycles. The van der Waals surface area contributed by atoms with Gasteiger partial charge in [-0.15, -0.1) is 0 Å². The lowest BCUT2D eigenvalue weighted by atomic mass is 10.1. The predicted octanol–water partition coefficient (Wildman–Crippen LogP) is 1.93. The van der Waals surface area contributed by atoms with E-state index in [0.717, 1.165) is 10.8 Å². The van der Waals surface area contributed by atoms with Gasteiger partial charge in [0.2, 0.25) is 0 Å². The molecule has 0 aliphatic carbocycles. The lowest BCUT2D eigenvalue weighted by Crippen LogP contribution is -2.06. The number of nitrogens with zero attached hydrogens (tertiary/aromatic N) is 2. The van der Waals surface area contributed by atoms with Crippen LogP contribution in [0.3, 0.4) is 0 Å². The average Bonchev–Trinajstić information content (AvgIpc) is 2.49. The Balaban J connectivity index is 2.77. The summed E-state index contributed by atoms with van der Waals surface area (Å²) in [5.41, 5.74) is 0. The van der Waals surface area contributed by atoms with Crippen molar-refractivity contribution in [1.29, 1.82) is 0 Å². The minimum absolute atomic E-state index is 0.0822. The Morgan fingerprint density at radius 3 is 2.75 bits per heavy atom. The van der Waals surface area contributed by atoms with E-state index in [9.17, 15) is 4.79 Å². The number of ketones is 1. The summed E-state index contributed by atoms with van der Waals surface area (Å²) >= 11 is 1.32. The molecule has 1 atom stereocenters. The van der Waals surface area contributed by atoms with Crippen molar-refractivity contribution < 1.29 is 4.79 Å². The van der Waals surface area contributed by atoms with E-state index in [1.807, 2.05) is 20.8 Å². The lowest BCUT2D eigenvalue weighted by molar-refractivity contribution is -0.119. The smallest absolute Gasteiger partial charge is 0.142 e. The van der Waals surface area contributed by atoms with Gasteiger partial charge < -0.3 is 0 Å². The number of carbonyl (C=O) groups excluding carboxylic acids is 1. The molecule has 0 fully saturated rings. The highest BCUT2D eigenvalue weighted by atomic mass is 32.1. The van der Waals surface area contributed by atoms with Gasteiger partial charge in [0.25, 0.3) is 0 Å². The summed E-state index contributed by atoms with van der Waals surface area (Å²) in [7, 11) is 0. The number of hydrogen-bond donors (Lipinski definition) is 0. The normalized spacial score (nSPS) is 12.9. The molecule has 0 radical (unpaired) electrons. The van der Waals surface area contributed by atoms with Crippen molar-refractivity contribution in [3.8, 4) is 0 Å². The van der Waals surface area contributed by atoms with Crippen LogP contribution in [0.15, 0.2) is 0 Å². The third-order valence-electron chi connectivity index (χ3n) is 1.75. The summed E-state index contributed by atoms with van der Waals surface area (Å²) < 4.78 is 4.03. The van der Waals surface area contributed by atoms with E-state index in [1.54, 1.807) is 0 Å². The minimum atomic E-state index is -0.0822. The van der Waals surface area contributed by atoms with Crippen LogP contribution in [0.1, 0.15) is 37.0 Å².